The molecule has 0 bridgehead atoms. The lowest BCUT2D eigenvalue weighted by Crippen LogP contribution is -2.36. The number of aliphatic hydroxyl groups excluding tert-OH is 2. The third-order valence-corrected chi connectivity index (χ3v) is 4.81. The number of aromatic nitrogens is 2. The van der Waals surface area contributed by atoms with Crippen molar-refractivity contribution >= 4 is 5.91 Å². The van der Waals surface area contributed by atoms with Crippen LogP contribution in [0.5, 0.6) is 0 Å². The van der Waals surface area contributed by atoms with Gasteiger partial charge in [-0.3, -0.25) is 9.48 Å². The Morgan fingerprint density at radius 1 is 1.27 bits per heavy atom. The lowest BCUT2D eigenvalue weighted by Gasteiger charge is -2.28. The van der Waals surface area contributed by atoms with E-state index in [9.17, 15) is 9.90 Å². The van der Waals surface area contributed by atoms with Crippen LogP contribution in [0.15, 0.2) is 6.07 Å². The lowest BCUT2D eigenvalue weighted by atomic mass is 9.88. The van der Waals surface area contributed by atoms with Crippen molar-refractivity contribution in [3.8, 4) is 0 Å². The van der Waals surface area contributed by atoms with Crippen LogP contribution in [0.4, 0.5) is 0 Å². The molecule has 3 rings (SSSR count). The van der Waals surface area contributed by atoms with Crippen LogP contribution in [0, 0.1) is 5.92 Å². The number of hydrogen-bond donors (Lipinski definition) is 2. The standard InChI is InChI=1S/C16H25N3O3/c20-11-15(21)14-9-13-10-18(7-4-8-19(13)17-14)16(22)12-5-2-1-3-6-12/h9,12,15,20-21H,1-8,10-11H2/t15-/m0/s1. The summed E-state index contributed by atoms with van der Waals surface area (Å²) in [6.45, 7) is 1.75. The molecule has 0 radical (unpaired) electrons. The maximum Gasteiger partial charge on any atom is 0.226 e. The molecule has 0 aromatic carbocycles. The zero-order chi connectivity index (χ0) is 15.5. The fourth-order valence-electron chi connectivity index (χ4n) is 3.54. The summed E-state index contributed by atoms with van der Waals surface area (Å²) in [6, 6.07) is 1.81. The Morgan fingerprint density at radius 2 is 2.05 bits per heavy atom. The minimum Gasteiger partial charge on any atom is -0.393 e. The first-order valence-corrected chi connectivity index (χ1v) is 8.33. The quantitative estimate of drug-likeness (QED) is 0.880. The van der Waals surface area contributed by atoms with Crippen molar-refractivity contribution in [3.05, 3.63) is 17.5 Å². The second kappa shape index (κ2) is 6.79. The Balaban J connectivity index is 1.73. The Morgan fingerprint density at radius 3 is 2.77 bits per heavy atom. The number of rotatable bonds is 3. The van der Waals surface area contributed by atoms with Crippen LogP contribution in [0.25, 0.3) is 0 Å². The van der Waals surface area contributed by atoms with Gasteiger partial charge in [-0.25, -0.2) is 0 Å². The van der Waals surface area contributed by atoms with Gasteiger partial charge in [-0.1, -0.05) is 19.3 Å². The minimum atomic E-state index is -0.943. The van der Waals surface area contributed by atoms with E-state index in [0.29, 0.717) is 12.2 Å². The summed E-state index contributed by atoms with van der Waals surface area (Å²) in [4.78, 5) is 14.7. The van der Waals surface area contributed by atoms with Gasteiger partial charge in [-0.2, -0.15) is 5.10 Å². The molecule has 1 aromatic rings. The smallest absolute Gasteiger partial charge is 0.226 e. The van der Waals surface area contributed by atoms with E-state index in [4.69, 9.17) is 5.11 Å². The number of nitrogens with zero attached hydrogens (tertiary/aromatic N) is 3. The van der Waals surface area contributed by atoms with E-state index in [1.165, 1.54) is 6.42 Å². The lowest BCUT2D eigenvalue weighted by molar-refractivity contribution is -0.137. The number of amides is 1. The normalized spacial score (nSPS) is 21.3. The van der Waals surface area contributed by atoms with E-state index in [1.54, 1.807) is 0 Å². The van der Waals surface area contributed by atoms with Gasteiger partial charge in [0.2, 0.25) is 5.91 Å². The molecule has 2 heterocycles. The van der Waals surface area contributed by atoms with Crippen LogP contribution in [0.1, 0.15) is 56.0 Å². The number of hydrogen-bond acceptors (Lipinski definition) is 4. The van der Waals surface area contributed by atoms with Crippen molar-refractivity contribution in [2.45, 2.75) is 57.7 Å². The first kappa shape index (κ1) is 15.5. The van der Waals surface area contributed by atoms with E-state index in [2.05, 4.69) is 5.10 Å². The highest BCUT2D eigenvalue weighted by Gasteiger charge is 2.28. The first-order valence-electron chi connectivity index (χ1n) is 8.33. The summed E-state index contributed by atoms with van der Waals surface area (Å²) < 4.78 is 1.86. The molecule has 122 valence electrons. The fraction of sp³-hybridized carbons (Fsp3) is 0.750. The van der Waals surface area contributed by atoms with Gasteiger partial charge in [0.1, 0.15) is 6.10 Å². The SMILES string of the molecule is O=C(C1CCCCC1)N1CCCn2nc([C@@H](O)CO)cc2C1. The third kappa shape index (κ3) is 3.17. The number of carbonyl (C=O) groups excluding carboxylic acids is 1. The zero-order valence-corrected chi connectivity index (χ0v) is 12.9. The van der Waals surface area contributed by atoms with E-state index in [1.807, 2.05) is 15.6 Å². The maximum absolute atomic E-state index is 12.7. The van der Waals surface area contributed by atoms with E-state index < -0.39 is 6.10 Å². The Kier molecular flexibility index (Phi) is 4.78. The van der Waals surface area contributed by atoms with Crippen LogP contribution >= 0.6 is 0 Å². The average Bonchev–Trinajstić information content (AvgIpc) is 2.86. The number of aliphatic hydroxyl groups is 2. The molecule has 1 atom stereocenters. The predicted octanol–water partition coefficient (Wildman–Crippen LogP) is 1.22. The third-order valence-electron chi connectivity index (χ3n) is 4.81. The largest absolute Gasteiger partial charge is 0.393 e. The predicted molar refractivity (Wildman–Crippen MR) is 80.9 cm³/mol. The molecule has 1 aromatic heterocycles. The van der Waals surface area contributed by atoms with Gasteiger partial charge < -0.3 is 15.1 Å². The van der Waals surface area contributed by atoms with Crippen LogP contribution < -0.4 is 0 Å². The van der Waals surface area contributed by atoms with Crippen LogP contribution in [-0.2, 0) is 17.9 Å². The molecule has 1 aliphatic carbocycles. The fourth-order valence-corrected chi connectivity index (χ4v) is 3.54. The zero-order valence-electron chi connectivity index (χ0n) is 12.9. The second-order valence-corrected chi connectivity index (χ2v) is 6.43. The van der Waals surface area contributed by atoms with Gasteiger partial charge in [-0.05, 0) is 25.3 Å². The summed E-state index contributed by atoms with van der Waals surface area (Å²) in [7, 11) is 0. The van der Waals surface area contributed by atoms with Gasteiger partial charge in [-0.15, -0.1) is 0 Å². The van der Waals surface area contributed by atoms with Gasteiger partial charge in [0.25, 0.3) is 0 Å². The number of aryl methyl sites for hydroxylation is 1. The molecule has 0 unspecified atom stereocenters. The summed E-state index contributed by atoms with van der Waals surface area (Å²) in [6.07, 6.45) is 5.54. The van der Waals surface area contributed by atoms with Crippen molar-refractivity contribution in [2.75, 3.05) is 13.2 Å². The molecule has 22 heavy (non-hydrogen) atoms. The highest BCUT2D eigenvalue weighted by atomic mass is 16.3. The maximum atomic E-state index is 12.7. The molecular formula is C16H25N3O3. The number of carbonyl (C=O) groups is 1. The molecule has 1 amide bonds. The van der Waals surface area contributed by atoms with Crippen LogP contribution in [-0.4, -0.2) is 44.0 Å². The van der Waals surface area contributed by atoms with Gasteiger partial charge >= 0.3 is 0 Å². The Hall–Kier alpha value is -1.40. The van der Waals surface area contributed by atoms with E-state index >= 15 is 0 Å². The van der Waals surface area contributed by atoms with Crippen molar-refractivity contribution < 1.29 is 15.0 Å². The molecule has 2 N–H and O–H groups in total. The topological polar surface area (TPSA) is 78.6 Å². The minimum absolute atomic E-state index is 0.186. The second-order valence-electron chi connectivity index (χ2n) is 6.43. The van der Waals surface area contributed by atoms with Crippen molar-refractivity contribution in [1.82, 2.24) is 14.7 Å². The first-order chi connectivity index (χ1) is 10.7. The van der Waals surface area contributed by atoms with Gasteiger partial charge in [0.05, 0.1) is 24.5 Å². The van der Waals surface area contributed by atoms with Crippen LogP contribution in [0.2, 0.25) is 0 Å². The van der Waals surface area contributed by atoms with Crippen molar-refractivity contribution in [2.24, 2.45) is 5.92 Å². The highest BCUT2D eigenvalue weighted by molar-refractivity contribution is 5.78. The number of fused-ring (bicyclic) bond motifs is 1. The molecule has 1 fully saturated rings. The highest BCUT2D eigenvalue weighted by Crippen LogP contribution is 2.27. The molecule has 0 spiro atoms. The molecule has 6 heteroatoms. The van der Waals surface area contributed by atoms with Crippen molar-refractivity contribution in [1.29, 1.82) is 0 Å². The Bertz CT molecular complexity index is 523. The van der Waals surface area contributed by atoms with Crippen LogP contribution in [0.3, 0.4) is 0 Å². The molecule has 6 nitrogen and oxygen atoms in total. The molecule has 1 saturated carbocycles. The van der Waals surface area contributed by atoms with Gasteiger partial charge in [0.15, 0.2) is 0 Å². The monoisotopic (exact) mass is 307 g/mol. The molecule has 0 saturated heterocycles. The Labute approximate surface area is 130 Å². The van der Waals surface area contributed by atoms with E-state index in [-0.39, 0.29) is 18.4 Å². The molecule has 2 aliphatic rings. The van der Waals surface area contributed by atoms with E-state index in [0.717, 1.165) is 50.9 Å². The molecule has 1 aliphatic heterocycles. The summed E-state index contributed by atoms with van der Waals surface area (Å²) in [5, 5.41) is 23.1. The molecular weight excluding hydrogens is 282 g/mol. The van der Waals surface area contributed by atoms with Crippen molar-refractivity contribution in [3.63, 3.8) is 0 Å². The average molecular weight is 307 g/mol. The van der Waals surface area contributed by atoms with Gasteiger partial charge in [0, 0.05) is 19.0 Å². The summed E-state index contributed by atoms with van der Waals surface area (Å²) in [5.74, 6) is 0.462. The summed E-state index contributed by atoms with van der Waals surface area (Å²) in [5.41, 5.74) is 1.44. The summed E-state index contributed by atoms with van der Waals surface area (Å²) >= 11 is 0.